The Morgan fingerprint density at radius 1 is 1.39 bits per heavy atom. The molecule has 0 aliphatic heterocycles. The number of ether oxygens (including phenoxy) is 1. The van der Waals surface area contributed by atoms with Gasteiger partial charge >= 0.3 is 5.97 Å². The molecule has 0 bridgehead atoms. The monoisotopic (exact) mass is 245 g/mol. The van der Waals surface area contributed by atoms with Gasteiger partial charge in [0, 0.05) is 30.2 Å². The minimum Gasteiger partial charge on any atom is -0.469 e. The number of methoxy groups -OCH3 is 1. The van der Waals surface area contributed by atoms with Crippen molar-refractivity contribution in [3.05, 3.63) is 36.0 Å². The number of benzene rings is 1. The van der Waals surface area contributed by atoms with Gasteiger partial charge in [0.25, 0.3) is 0 Å². The molecule has 18 heavy (non-hydrogen) atoms. The number of hydrogen-bond donors (Lipinski definition) is 0. The SMILES string of the molecule is COC(=O)CCCn1ccc2ccc(C=O)cc21. The molecule has 1 heterocycles. The van der Waals surface area contributed by atoms with Crippen molar-refractivity contribution < 1.29 is 14.3 Å². The second-order valence-electron chi connectivity index (χ2n) is 4.12. The number of aromatic nitrogens is 1. The third-order valence-corrected chi connectivity index (χ3v) is 2.94. The molecular formula is C14H15NO3. The Kier molecular flexibility index (Phi) is 3.77. The van der Waals surface area contributed by atoms with Gasteiger partial charge in [0.15, 0.2) is 0 Å². The van der Waals surface area contributed by atoms with E-state index in [1.54, 1.807) is 6.07 Å². The maximum absolute atomic E-state index is 11.0. The van der Waals surface area contributed by atoms with Crippen LogP contribution in [0, 0.1) is 0 Å². The minimum absolute atomic E-state index is 0.194. The standard InChI is InChI=1S/C14H15NO3/c1-18-14(17)3-2-7-15-8-6-12-5-4-11(10-16)9-13(12)15/h4-6,8-10H,2-3,7H2,1H3. The summed E-state index contributed by atoms with van der Waals surface area (Å²) in [6, 6.07) is 7.59. The van der Waals surface area contributed by atoms with Gasteiger partial charge in [-0.1, -0.05) is 12.1 Å². The summed E-state index contributed by atoms with van der Waals surface area (Å²) in [5.74, 6) is -0.194. The van der Waals surface area contributed by atoms with Crippen molar-refractivity contribution >= 4 is 23.2 Å². The molecule has 0 fully saturated rings. The molecule has 0 saturated carbocycles. The fourth-order valence-electron chi connectivity index (χ4n) is 1.97. The fraction of sp³-hybridized carbons (Fsp3) is 0.286. The van der Waals surface area contributed by atoms with Gasteiger partial charge < -0.3 is 9.30 Å². The summed E-state index contributed by atoms with van der Waals surface area (Å²) < 4.78 is 6.65. The van der Waals surface area contributed by atoms with Gasteiger partial charge in [-0.2, -0.15) is 0 Å². The van der Waals surface area contributed by atoms with Crippen LogP contribution >= 0.6 is 0 Å². The van der Waals surface area contributed by atoms with Crippen molar-refractivity contribution in [3.8, 4) is 0 Å². The number of hydrogen-bond acceptors (Lipinski definition) is 3. The topological polar surface area (TPSA) is 48.3 Å². The van der Waals surface area contributed by atoms with Crippen LogP contribution in [0.1, 0.15) is 23.2 Å². The summed E-state index contributed by atoms with van der Waals surface area (Å²) in [6.45, 7) is 0.737. The van der Waals surface area contributed by atoms with E-state index < -0.39 is 0 Å². The molecule has 2 aromatic rings. The first-order valence-electron chi connectivity index (χ1n) is 5.85. The van der Waals surface area contributed by atoms with Gasteiger partial charge in [-0.3, -0.25) is 9.59 Å². The van der Waals surface area contributed by atoms with Crippen LogP contribution in [0.15, 0.2) is 30.5 Å². The van der Waals surface area contributed by atoms with Crippen LogP contribution in [0.2, 0.25) is 0 Å². The lowest BCUT2D eigenvalue weighted by molar-refractivity contribution is -0.140. The number of rotatable bonds is 5. The zero-order valence-electron chi connectivity index (χ0n) is 10.3. The molecule has 0 unspecified atom stereocenters. The predicted molar refractivity (Wildman–Crippen MR) is 68.6 cm³/mol. The lowest BCUT2D eigenvalue weighted by atomic mass is 10.2. The first kappa shape index (κ1) is 12.4. The quantitative estimate of drug-likeness (QED) is 0.600. The van der Waals surface area contributed by atoms with Gasteiger partial charge in [-0.15, -0.1) is 0 Å². The zero-order chi connectivity index (χ0) is 13.0. The Morgan fingerprint density at radius 3 is 2.94 bits per heavy atom. The molecule has 1 aromatic heterocycles. The highest BCUT2D eigenvalue weighted by Gasteiger charge is 2.04. The number of carbonyl (C=O) groups excluding carboxylic acids is 2. The van der Waals surface area contributed by atoms with Crippen molar-refractivity contribution in [1.29, 1.82) is 0 Å². The first-order chi connectivity index (χ1) is 8.74. The van der Waals surface area contributed by atoms with E-state index in [1.807, 2.05) is 29.0 Å². The van der Waals surface area contributed by atoms with Crippen molar-refractivity contribution in [2.45, 2.75) is 19.4 Å². The highest BCUT2D eigenvalue weighted by Crippen LogP contribution is 2.17. The molecule has 0 aliphatic rings. The smallest absolute Gasteiger partial charge is 0.305 e. The third kappa shape index (κ3) is 2.59. The van der Waals surface area contributed by atoms with Crippen LogP contribution in [-0.2, 0) is 16.1 Å². The number of aldehydes is 1. The number of fused-ring (bicyclic) bond motifs is 1. The number of esters is 1. The molecular weight excluding hydrogens is 230 g/mol. The normalized spacial score (nSPS) is 10.5. The van der Waals surface area contributed by atoms with Crippen LogP contribution in [0.4, 0.5) is 0 Å². The average molecular weight is 245 g/mol. The second kappa shape index (κ2) is 5.49. The Bertz CT molecular complexity index is 571. The van der Waals surface area contributed by atoms with E-state index in [2.05, 4.69) is 4.74 Å². The Balaban J connectivity index is 2.13. The van der Waals surface area contributed by atoms with Crippen LogP contribution in [0.3, 0.4) is 0 Å². The summed E-state index contributed by atoms with van der Waals surface area (Å²) in [5, 5.41) is 1.10. The summed E-state index contributed by atoms with van der Waals surface area (Å²) >= 11 is 0. The molecule has 4 nitrogen and oxygen atoms in total. The van der Waals surface area contributed by atoms with Gasteiger partial charge in [0.05, 0.1) is 7.11 Å². The van der Waals surface area contributed by atoms with Crippen molar-refractivity contribution in [1.82, 2.24) is 4.57 Å². The van der Waals surface area contributed by atoms with Crippen molar-refractivity contribution in [3.63, 3.8) is 0 Å². The number of aryl methyl sites for hydroxylation is 1. The molecule has 0 saturated heterocycles. The molecule has 0 atom stereocenters. The summed E-state index contributed by atoms with van der Waals surface area (Å²) in [4.78, 5) is 21.8. The van der Waals surface area contributed by atoms with Crippen LogP contribution in [0.5, 0.6) is 0 Å². The Hall–Kier alpha value is -2.10. The molecule has 2 rings (SSSR count). The van der Waals surface area contributed by atoms with Crippen molar-refractivity contribution in [2.75, 3.05) is 7.11 Å². The molecule has 4 heteroatoms. The van der Waals surface area contributed by atoms with Crippen LogP contribution in [0.25, 0.3) is 10.9 Å². The Labute approximate surface area is 105 Å². The lowest BCUT2D eigenvalue weighted by Gasteiger charge is -2.05. The highest BCUT2D eigenvalue weighted by molar-refractivity contribution is 5.87. The van der Waals surface area contributed by atoms with E-state index in [-0.39, 0.29) is 5.97 Å². The van der Waals surface area contributed by atoms with E-state index in [4.69, 9.17) is 0 Å². The van der Waals surface area contributed by atoms with E-state index >= 15 is 0 Å². The van der Waals surface area contributed by atoms with Gasteiger partial charge in [-0.25, -0.2) is 0 Å². The maximum atomic E-state index is 11.0. The van der Waals surface area contributed by atoms with Crippen LogP contribution < -0.4 is 0 Å². The van der Waals surface area contributed by atoms with E-state index in [1.165, 1.54) is 7.11 Å². The molecule has 94 valence electrons. The van der Waals surface area contributed by atoms with E-state index in [0.29, 0.717) is 12.0 Å². The molecule has 0 spiro atoms. The molecule has 0 radical (unpaired) electrons. The zero-order valence-corrected chi connectivity index (χ0v) is 10.3. The number of carbonyl (C=O) groups is 2. The van der Waals surface area contributed by atoms with Gasteiger partial charge in [-0.05, 0) is 23.9 Å². The second-order valence-corrected chi connectivity index (χ2v) is 4.12. The molecule has 0 amide bonds. The first-order valence-corrected chi connectivity index (χ1v) is 5.85. The predicted octanol–water partition coefficient (Wildman–Crippen LogP) is 2.41. The van der Waals surface area contributed by atoms with Gasteiger partial charge in [0.2, 0.25) is 0 Å². The summed E-state index contributed by atoms with van der Waals surface area (Å²) in [6.07, 6.45) is 3.94. The molecule has 1 aromatic carbocycles. The van der Waals surface area contributed by atoms with Crippen molar-refractivity contribution in [2.24, 2.45) is 0 Å². The largest absolute Gasteiger partial charge is 0.469 e. The van der Waals surface area contributed by atoms with E-state index in [9.17, 15) is 9.59 Å². The average Bonchev–Trinajstić information content (AvgIpc) is 2.81. The maximum Gasteiger partial charge on any atom is 0.305 e. The summed E-state index contributed by atoms with van der Waals surface area (Å²) in [7, 11) is 1.39. The van der Waals surface area contributed by atoms with E-state index in [0.717, 1.165) is 30.2 Å². The Morgan fingerprint density at radius 2 is 2.22 bits per heavy atom. The lowest BCUT2D eigenvalue weighted by Crippen LogP contribution is -2.03. The third-order valence-electron chi connectivity index (χ3n) is 2.94. The summed E-state index contributed by atoms with van der Waals surface area (Å²) in [5.41, 5.74) is 1.68. The minimum atomic E-state index is -0.194. The highest BCUT2D eigenvalue weighted by atomic mass is 16.5. The van der Waals surface area contributed by atoms with Crippen LogP contribution in [-0.4, -0.2) is 23.9 Å². The molecule has 0 aliphatic carbocycles. The molecule has 0 N–H and O–H groups in total. The fourth-order valence-corrected chi connectivity index (χ4v) is 1.97. The van der Waals surface area contributed by atoms with Gasteiger partial charge in [0.1, 0.15) is 6.29 Å². The number of nitrogens with zero attached hydrogens (tertiary/aromatic N) is 1.